The predicted octanol–water partition coefficient (Wildman–Crippen LogP) is 18.7. The predicted molar refractivity (Wildman–Crippen MR) is 358 cm³/mol. The average molecular weight is 1620 g/mol. The van der Waals surface area contributed by atoms with Gasteiger partial charge in [-0.15, -0.1) is 34.9 Å². The second-order valence-corrected chi connectivity index (χ2v) is 26.4. The van der Waals surface area contributed by atoms with Crippen LogP contribution in [0.2, 0.25) is 20.1 Å². The molecule has 9 aromatic rings. The smallest absolute Gasteiger partial charge is 0.481 e. The first-order valence-electron chi connectivity index (χ1n) is 21.7. The van der Waals surface area contributed by atoms with Gasteiger partial charge in [0.25, 0.3) is 5.97 Å². The summed E-state index contributed by atoms with van der Waals surface area (Å²) in [5.74, 6) is -0.833. The minimum Gasteiger partial charge on any atom is -0.481 e. The number of fused-ring (bicyclic) bond motifs is 3. The molecule has 0 bridgehead atoms. The lowest BCUT2D eigenvalue weighted by atomic mass is 9.80. The van der Waals surface area contributed by atoms with Crippen molar-refractivity contribution in [2.75, 3.05) is 18.8 Å². The van der Waals surface area contributed by atoms with E-state index >= 15 is 0 Å². The number of halogens is 9. The highest BCUT2D eigenvalue weighted by molar-refractivity contribution is 14.1. The molecular formula is C53H46BBr4Cl4IO11S5. The Labute approximate surface area is 541 Å². The number of carbonyl (C=O) groups is 1. The molecule has 1 unspecified atom stereocenters. The first-order chi connectivity index (χ1) is 37.2. The molecule has 1 aromatic heterocycles. The van der Waals surface area contributed by atoms with Crippen LogP contribution in [0.1, 0.15) is 6.92 Å². The van der Waals surface area contributed by atoms with Gasteiger partial charge in [-0.25, -0.2) is 0 Å². The molecule has 0 fully saturated rings. The summed E-state index contributed by atoms with van der Waals surface area (Å²) in [6.45, 7) is 1.08. The molecule has 79 heavy (non-hydrogen) atoms. The molecule has 1 heterocycles. The van der Waals surface area contributed by atoms with Gasteiger partial charge in [-0.05, 0) is 144 Å². The number of thiophene rings is 1. The van der Waals surface area contributed by atoms with Crippen molar-refractivity contribution in [1.29, 1.82) is 0 Å². The highest BCUT2D eigenvalue weighted by Crippen LogP contribution is 2.40. The lowest BCUT2D eigenvalue weighted by molar-refractivity contribution is -0.176. The topological polar surface area (TPSA) is 210 Å². The van der Waals surface area contributed by atoms with Crippen molar-refractivity contribution in [1.82, 2.24) is 0 Å². The van der Waals surface area contributed by atoms with E-state index in [9.17, 15) is 4.21 Å². The summed E-state index contributed by atoms with van der Waals surface area (Å²) in [7, 11) is -7.18. The number of carboxylic acids is 1. The van der Waals surface area contributed by atoms with E-state index in [1.165, 1.54) is 39.1 Å². The number of aliphatic carboxylic acids is 1. The lowest BCUT2D eigenvalue weighted by Crippen LogP contribution is -2.30. The fourth-order valence-corrected chi connectivity index (χ4v) is 13.3. The fourth-order valence-electron chi connectivity index (χ4n) is 6.29. The first-order valence-corrected chi connectivity index (χ1v) is 33.7. The molecule has 9 rings (SSSR count). The van der Waals surface area contributed by atoms with Crippen molar-refractivity contribution in [2.24, 2.45) is 0 Å². The molecule has 26 heteroatoms. The van der Waals surface area contributed by atoms with Crippen molar-refractivity contribution < 1.29 is 52.2 Å². The summed E-state index contributed by atoms with van der Waals surface area (Å²) in [5.41, 5.74) is 4.40. The number of rotatable bonds is 6. The first kappa shape index (κ1) is 73.0. The van der Waals surface area contributed by atoms with Crippen molar-refractivity contribution >= 4 is 227 Å². The minimum atomic E-state index is -4.67. The summed E-state index contributed by atoms with van der Waals surface area (Å²) < 4.78 is 51.4. The molecule has 0 aliphatic carbocycles. The van der Waals surface area contributed by atoms with Crippen LogP contribution in [0.4, 0.5) is 0 Å². The molecular weight excluding hydrogens is 1570 g/mol. The van der Waals surface area contributed by atoms with Gasteiger partial charge in [0.15, 0.2) is 0 Å². The molecule has 11 nitrogen and oxygen atoms in total. The van der Waals surface area contributed by atoms with E-state index in [2.05, 4.69) is 153 Å². The normalized spacial score (nSPS) is 10.5. The van der Waals surface area contributed by atoms with E-state index in [4.69, 9.17) is 94.4 Å². The van der Waals surface area contributed by atoms with Gasteiger partial charge in [-0.1, -0.05) is 171 Å². The van der Waals surface area contributed by atoms with Crippen molar-refractivity contribution in [3.05, 3.63) is 205 Å². The van der Waals surface area contributed by atoms with Gasteiger partial charge in [0.05, 0.1) is 10.8 Å². The molecule has 420 valence electrons. The Kier molecular flexibility index (Phi) is 35.1. The largest absolute Gasteiger partial charge is 0.489 e. The van der Waals surface area contributed by atoms with E-state index < -0.39 is 34.3 Å². The van der Waals surface area contributed by atoms with Crippen LogP contribution < -0.4 is 5.46 Å². The van der Waals surface area contributed by atoms with Gasteiger partial charge in [-0.2, -0.15) is 8.42 Å². The van der Waals surface area contributed by atoms with Crippen LogP contribution in [-0.2, 0) is 26.0 Å². The van der Waals surface area contributed by atoms with Crippen molar-refractivity contribution in [3.8, 4) is 22.3 Å². The number of thioether (sulfide) groups is 2. The number of hydrogen-bond donors (Lipinski definition) is 7. The van der Waals surface area contributed by atoms with E-state index in [1.54, 1.807) is 65.4 Å². The van der Waals surface area contributed by atoms with E-state index in [0.717, 1.165) is 56.4 Å². The minimum absolute atomic E-state index is 0.337. The molecule has 7 N–H and O–H groups in total. The van der Waals surface area contributed by atoms with Crippen LogP contribution in [0.5, 0.6) is 0 Å². The van der Waals surface area contributed by atoms with Gasteiger partial charge in [-0.3, -0.25) is 28.6 Å². The molecule has 0 aliphatic heterocycles. The Hall–Kier alpha value is -2.12. The van der Waals surface area contributed by atoms with Gasteiger partial charge in [0.2, 0.25) is 0 Å². The van der Waals surface area contributed by atoms with Crippen LogP contribution in [0.25, 0.3) is 42.4 Å². The second kappa shape index (κ2) is 38.0. The quantitative estimate of drug-likeness (QED) is 0.0207. The third-order valence-electron chi connectivity index (χ3n) is 9.44. The fraction of sp³-hybridized carbons (Fsp3) is 0.0755. The van der Waals surface area contributed by atoms with Gasteiger partial charge < -0.3 is 15.2 Å². The Bertz CT molecular complexity index is 3540. The van der Waals surface area contributed by atoms with Gasteiger partial charge in [0, 0.05) is 112 Å². The standard InChI is InChI=1S/C13H10BrClOS.C13H10BrClS.C12H6BrClS.C7H6BrIS.C6H6BClO2.C2H4O2.H2O4S.H2O2/c1-17(16)13-7-6-9(14)8-11(13)10-4-2-3-5-12(10)15;1-16-13-7-6-9(14)8-11(13)10-4-2-3-5-12(10)15;13-7-4-5-10-8(6-7)12-9(14)2-1-3-11(12)15-10;1-10-7-3-2-5(8)4-6(7)9;8-6-4-2-1-3-5(6)7(9)10;1-2(3)4;1-5(2,3)4;1-2/h2-8H,1H3;2-8H,1H3;1-6H;2-4H,1H3;1-4,9-10H;1H3,(H,3,4);(H2,1,2,3,4);1-2H. The third kappa shape index (κ3) is 26.6. The maximum atomic E-state index is 11.7. The molecule has 0 spiro atoms. The Balaban J connectivity index is 0.000000326. The van der Waals surface area contributed by atoms with Crippen LogP contribution in [0, 0.1) is 3.57 Å². The molecule has 0 saturated heterocycles. The Morgan fingerprint density at radius 3 is 1.47 bits per heavy atom. The van der Waals surface area contributed by atoms with Crippen molar-refractivity contribution in [2.45, 2.75) is 21.6 Å². The summed E-state index contributed by atoms with van der Waals surface area (Å²) in [6, 6.07) is 52.7. The highest BCUT2D eigenvalue weighted by Gasteiger charge is 2.14. The van der Waals surface area contributed by atoms with Crippen molar-refractivity contribution in [3.63, 3.8) is 0 Å². The van der Waals surface area contributed by atoms with Gasteiger partial charge >= 0.3 is 17.5 Å². The summed E-state index contributed by atoms with van der Waals surface area (Å²) in [5, 5.41) is 41.8. The summed E-state index contributed by atoms with van der Waals surface area (Å²) >= 11 is 45.6. The monoisotopic (exact) mass is 1610 g/mol. The molecule has 8 aromatic carbocycles. The van der Waals surface area contributed by atoms with Crippen LogP contribution in [-0.4, -0.2) is 79.3 Å². The van der Waals surface area contributed by atoms with E-state index in [-0.39, 0.29) is 0 Å². The molecule has 0 amide bonds. The average Bonchev–Trinajstić information content (AvgIpc) is 3.91. The second-order valence-electron chi connectivity index (χ2n) is 14.9. The Morgan fingerprint density at radius 2 is 1.00 bits per heavy atom. The SMILES string of the molecule is CC(=O)O.CS(=O)c1ccc(Br)cc1-c1ccccc1Cl.CSc1ccc(Br)cc1-c1ccccc1Cl.CSc1ccc(Br)cc1I.Clc1cccc2sc3ccc(Br)cc3c12.O=S(=O)(O)O.OB(O)c1ccccc1Cl.OO. The number of benzene rings is 8. The summed E-state index contributed by atoms with van der Waals surface area (Å²) in [4.78, 5) is 12.4. The Morgan fingerprint density at radius 1 is 0.582 bits per heavy atom. The maximum absolute atomic E-state index is 11.7. The van der Waals surface area contributed by atoms with E-state index in [1.807, 2.05) is 84.9 Å². The van der Waals surface area contributed by atoms with E-state index in [0.29, 0.717) is 15.5 Å². The van der Waals surface area contributed by atoms with Crippen LogP contribution >= 0.6 is 168 Å². The third-order valence-corrected chi connectivity index (χ3v) is 17.7. The highest BCUT2D eigenvalue weighted by atomic mass is 127. The zero-order valence-electron chi connectivity index (χ0n) is 41.4. The summed E-state index contributed by atoms with van der Waals surface area (Å²) in [6.07, 6.45) is 5.83. The molecule has 0 radical (unpaired) electrons. The maximum Gasteiger partial charge on any atom is 0.489 e. The van der Waals surface area contributed by atoms with Gasteiger partial charge in [0.1, 0.15) is 0 Å². The lowest BCUT2D eigenvalue weighted by Gasteiger charge is -2.09. The van der Waals surface area contributed by atoms with Crippen LogP contribution in [0.15, 0.2) is 196 Å². The number of hydrogen-bond acceptors (Lipinski definition) is 11. The molecule has 0 aliphatic rings. The van der Waals surface area contributed by atoms with Crippen LogP contribution in [0.3, 0.4) is 0 Å². The number of carboxylic acid groups (broad SMARTS) is 1. The molecule has 1 atom stereocenters. The molecule has 0 saturated carbocycles. The zero-order valence-corrected chi connectivity index (χ0v) is 57.0. The zero-order chi connectivity index (χ0) is 59.6.